The number of nitrogens with one attached hydrogen (secondary N) is 1. The van der Waals surface area contributed by atoms with Crippen molar-refractivity contribution >= 4 is 34.4 Å². The molecule has 8 nitrogen and oxygen atoms in total. The minimum atomic E-state index is -1.02. The van der Waals surface area contributed by atoms with Crippen molar-refractivity contribution in [1.29, 1.82) is 0 Å². The minimum absolute atomic E-state index is 0.0276. The summed E-state index contributed by atoms with van der Waals surface area (Å²) in [6.45, 7) is 6.97. The van der Waals surface area contributed by atoms with Crippen LogP contribution in [0, 0.1) is 3.57 Å². The fourth-order valence-electron chi connectivity index (χ4n) is 4.52. The zero-order chi connectivity index (χ0) is 27.9. The van der Waals surface area contributed by atoms with Crippen molar-refractivity contribution in [2.45, 2.75) is 96.5 Å². The number of carbonyl (C=O) groups excluding carboxylic acids is 2. The smallest absolute Gasteiger partial charge is 0.247 e. The lowest BCUT2D eigenvalue weighted by Crippen LogP contribution is -2.55. The summed E-state index contributed by atoms with van der Waals surface area (Å²) in [6.07, 6.45) is 6.31. The first kappa shape index (κ1) is 32.5. The highest BCUT2D eigenvalue weighted by Gasteiger charge is 2.40. The molecule has 0 aromatic heterocycles. The van der Waals surface area contributed by atoms with Gasteiger partial charge in [-0.25, -0.2) is 0 Å². The normalized spacial score (nSPS) is 19.2. The fourth-order valence-corrected chi connectivity index (χ4v) is 5.03. The highest BCUT2D eigenvalue weighted by molar-refractivity contribution is 14.1. The Morgan fingerprint density at radius 1 is 1.16 bits per heavy atom. The molecule has 214 valence electrons. The van der Waals surface area contributed by atoms with Crippen LogP contribution in [0.25, 0.3) is 0 Å². The van der Waals surface area contributed by atoms with Gasteiger partial charge in [-0.1, -0.05) is 44.7 Å². The molecule has 0 saturated heterocycles. The van der Waals surface area contributed by atoms with Gasteiger partial charge in [0, 0.05) is 38.1 Å². The number of halogens is 1. The number of hydrogen-bond donors (Lipinski definition) is 3. The van der Waals surface area contributed by atoms with Crippen LogP contribution in [0.2, 0.25) is 0 Å². The first-order valence-corrected chi connectivity index (χ1v) is 15.0. The van der Waals surface area contributed by atoms with Crippen molar-refractivity contribution in [2.24, 2.45) is 0 Å². The number of rotatable bonds is 17. The SMILES string of the molecule is CCCCCCCC(=O)N(CCCOC(C)C)C1CC(C(=O)NCCO)=CC(Oc2ccccc2I)C1O. The molecule has 0 fully saturated rings. The monoisotopic (exact) mass is 644 g/mol. The highest BCUT2D eigenvalue weighted by atomic mass is 127. The Morgan fingerprint density at radius 2 is 1.89 bits per heavy atom. The maximum absolute atomic E-state index is 13.5. The van der Waals surface area contributed by atoms with Crippen molar-refractivity contribution in [2.75, 3.05) is 26.3 Å². The molecule has 0 saturated carbocycles. The molecule has 3 N–H and O–H groups in total. The summed E-state index contributed by atoms with van der Waals surface area (Å²) in [6, 6.07) is 6.86. The molecule has 9 heteroatoms. The molecule has 1 aliphatic carbocycles. The largest absolute Gasteiger partial charge is 0.482 e. The van der Waals surface area contributed by atoms with E-state index in [0.717, 1.165) is 35.7 Å². The maximum atomic E-state index is 13.5. The first-order valence-electron chi connectivity index (χ1n) is 13.9. The van der Waals surface area contributed by atoms with E-state index in [9.17, 15) is 19.8 Å². The zero-order valence-corrected chi connectivity index (χ0v) is 25.2. The third-order valence-corrected chi connectivity index (χ3v) is 7.41. The summed E-state index contributed by atoms with van der Waals surface area (Å²) < 4.78 is 12.8. The van der Waals surface area contributed by atoms with E-state index in [4.69, 9.17) is 9.47 Å². The van der Waals surface area contributed by atoms with Gasteiger partial charge in [-0.05, 0) is 67.5 Å². The van der Waals surface area contributed by atoms with Gasteiger partial charge in [0.05, 0.1) is 22.3 Å². The van der Waals surface area contributed by atoms with Crippen LogP contribution in [0.1, 0.15) is 72.1 Å². The van der Waals surface area contributed by atoms with Gasteiger partial charge in [-0.15, -0.1) is 0 Å². The molecule has 0 bridgehead atoms. The van der Waals surface area contributed by atoms with Crippen LogP contribution in [0.5, 0.6) is 5.75 Å². The average molecular weight is 645 g/mol. The molecular formula is C29H45IN2O6. The highest BCUT2D eigenvalue weighted by Crippen LogP contribution is 2.30. The summed E-state index contributed by atoms with van der Waals surface area (Å²) in [5.41, 5.74) is 0.434. The van der Waals surface area contributed by atoms with E-state index in [2.05, 4.69) is 34.8 Å². The van der Waals surface area contributed by atoms with Gasteiger partial charge in [-0.2, -0.15) is 0 Å². The number of para-hydroxylation sites is 1. The van der Waals surface area contributed by atoms with Gasteiger partial charge < -0.3 is 29.9 Å². The Balaban J connectivity index is 2.28. The summed E-state index contributed by atoms with van der Waals surface area (Å²) in [4.78, 5) is 28.1. The summed E-state index contributed by atoms with van der Waals surface area (Å²) in [7, 11) is 0. The second kappa shape index (κ2) is 17.8. The van der Waals surface area contributed by atoms with Crippen LogP contribution in [-0.2, 0) is 14.3 Å². The molecule has 0 heterocycles. The molecule has 0 spiro atoms. The number of nitrogens with zero attached hydrogens (tertiary/aromatic N) is 1. The third kappa shape index (κ3) is 10.8. The molecule has 0 radical (unpaired) electrons. The summed E-state index contributed by atoms with van der Waals surface area (Å²) in [5, 5.41) is 23.4. The lowest BCUT2D eigenvalue weighted by atomic mass is 9.87. The number of ether oxygens (including phenoxy) is 2. The Bertz CT molecular complexity index is 894. The maximum Gasteiger partial charge on any atom is 0.247 e. The molecule has 1 aliphatic rings. The number of unbranched alkanes of at least 4 members (excludes halogenated alkanes) is 4. The van der Waals surface area contributed by atoms with E-state index in [-0.39, 0.29) is 37.5 Å². The number of hydrogen-bond acceptors (Lipinski definition) is 6. The van der Waals surface area contributed by atoms with Crippen LogP contribution in [0.15, 0.2) is 35.9 Å². The average Bonchev–Trinajstić information content (AvgIpc) is 2.89. The zero-order valence-electron chi connectivity index (χ0n) is 23.0. The van der Waals surface area contributed by atoms with Crippen LogP contribution in [0.4, 0.5) is 0 Å². The van der Waals surface area contributed by atoms with E-state index in [1.165, 1.54) is 0 Å². The van der Waals surface area contributed by atoms with Crippen LogP contribution in [-0.4, -0.2) is 77.6 Å². The molecule has 3 atom stereocenters. The van der Waals surface area contributed by atoms with Crippen LogP contribution in [0.3, 0.4) is 0 Å². The van der Waals surface area contributed by atoms with Gasteiger partial charge in [0.25, 0.3) is 0 Å². The number of carbonyl (C=O) groups is 2. The van der Waals surface area contributed by atoms with Gasteiger partial charge in [-0.3, -0.25) is 9.59 Å². The fraction of sp³-hybridized carbons (Fsp3) is 0.655. The van der Waals surface area contributed by atoms with Crippen molar-refractivity contribution < 1.29 is 29.3 Å². The van der Waals surface area contributed by atoms with Crippen molar-refractivity contribution in [1.82, 2.24) is 10.2 Å². The van der Waals surface area contributed by atoms with E-state index >= 15 is 0 Å². The quantitative estimate of drug-likeness (QED) is 0.173. The van der Waals surface area contributed by atoms with E-state index in [0.29, 0.717) is 37.3 Å². The minimum Gasteiger partial charge on any atom is -0.482 e. The summed E-state index contributed by atoms with van der Waals surface area (Å²) >= 11 is 2.17. The van der Waals surface area contributed by atoms with Crippen molar-refractivity contribution in [3.8, 4) is 5.75 Å². The van der Waals surface area contributed by atoms with Crippen molar-refractivity contribution in [3.05, 3.63) is 39.5 Å². The second-order valence-corrected chi connectivity index (χ2v) is 11.1. The molecule has 2 rings (SSSR count). The van der Waals surface area contributed by atoms with Crippen molar-refractivity contribution in [3.63, 3.8) is 0 Å². The topological polar surface area (TPSA) is 108 Å². The third-order valence-electron chi connectivity index (χ3n) is 6.52. The van der Waals surface area contributed by atoms with Gasteiger partial charge in [0.2, 0.25) is 11.8 Å². The number of benzene rings is 1. The molecule has 2 amide bonds. The Morgan fingerprint density at radius 3 is 2.58 bits per heavy atom. The standard InChI is InChI=1S/C29H45IN2O6/c1-4-5-6-7-8-14-27(34)32(16-11-18-37-21(2)3)24-19-22(29(36)31-15-17-33)20-26(28(24)35)38-25-13-10-9-12-23(25)30/h9-10,12-13,20-21,24,26,28,33,35H,4-8,11,14-19H2,1-3H3,(H,31,36). The lowest BCUT2D eigenvalue weighted by Gasteiger charge is -2.40. The van der Waals surface area contributed by atoms with Gasteiger partial charge in [0.15, 0.2) is 0 Å². The number of aliphatic hydroxyl groups excluding tert-OH is 2. The Hall–Kier alpha value is -1.69. The van der Waals surface area contributed by atoms with Gasteiger partial charge in [0.1, 0.15) is 18.0 Å². The number of amides is 2. The summed E-state index contributed by atoms with van der Waals surface area (Å²) in [5.74, 6) is 0.242. The van der Waals surface area contributed by atoms with E-state index in [1.54, 1.807) is 11.0 Å². The van der Waals surface area contributed by atoms with Crippen LogP contribution < -0.4 is 10.1 Å². The molecule has 38 heavy (non-hydrogen) atoms. The molecule has 3 unspecified atom stereocenters. The second-order valence-electron chi connectivity index (χ2n) is 9.97. The van der Waals surface area contributed by atoms with Crippen LogP contribution >= 0.6 is 22.6 Å². The molecular weight excluding hydrogens is 599 g/mol. The molecule has 0 aliphatic heterocycles. The first-order chi connectivity index (χ1) is 18.3. The van der Waals surface area contributed by atoms with E-state index in [1.807, 2.05) is 38.1 Å². The molecule has 1 aromatic carbocycles. The predicted octanol–water partition coefficient (Wildman–Crippen LogP) is 4.21. The van der Waals surface area contributed by atoms with Gasteiger partial charge >= 0.3 is 0 Å². The lowest BCUT2D eigenvalue weighted by molar-refractivity contribution is -0.139. The van der Waals surface area contributed by atoms with E-state index < -0.39 is 18.2 Å². The Labute approximate surface area is 241 Å². The molecule has 1 aromatic rings. The predicted molar refractivity (Wildman–Crippen MR) is 157 cm³/mol. The Kier molecular flexibility index (Phi) is 15.2. The number of aliphatic hydroxyl groups is 2.